The van der Waals surface area contributed by atoms with Crippen molar-refractivity contribution in [3.8, 4) is 0 Å². The minimum Gasteiger partial charge on any atom is -0.481 e. The predicted octanol–water partition coefficient (Wildman–Crippen LogP) is -5.41. The van der Waals surface area contributed by atoms with E-state index in [-0.39, 0.29) is 30.5 Å². The summed E-state index contributed by atoms with van der Waals surface area (Å²) in [5.74, 6) is -14.8. The van der Waals surface area contributed by atoms with Gasteiger partial charge in [-0.3, -0.25) is 62.3 Å². The number of nitrogens with one attached hydrogen (secondary N) is 9. The Bertz CT molecular complexity index is 1920. The number of carboxylic acid groups (broad SMARTS) is 2. The monoisotopic (exact) mass is 1080 g/mol. The number of primary amides is 2. The van der Waals surface area contributed by atoms with Crippen LogP contribution in [-0.2, 0) is 62.3 Å². The van der Waals surface area contributed by atoms with Crippen LogP contribution >= 0.6 is 15.9 Å². The van der Waals surface area contributed by atoms with Crippen LogP contribution in [0.5, 0.6) is 0 Å². The summed E-state index contributed by atoms with van der Waals surface area (Å²) < 4.78 is 0. The van der Waals surface area contributed by atoms with Crippen molar-refractivity contribution in [1.82, 2.24) is 47.9 Å². The minimum atomic E-state index is -1.78. The van der Waals surface area contributed by atoms with Crippen molar-refractivity contribution in [3.63, 3.8) is 0 Å². The number of carboxylic acids is 2. The lowest BCUT2D eigenvalue weighted by Crippen LogP contribution is -2.61. The van der Waals surface area contributed by atoms with Crippen molar-refractivity contribution in [1.29, 1.82) is 0 Å². The van der Waals surface area contributed by atoms with Crippen LogP contribution in [0.15, 0.2) is 0 Å². The molecule has 17 N–H and O–H groups in total. The van der Waals surface area contributed by atoms with Gasteiger partial charge in [0.1, 0.15) is 48.3 Å². The second kappa shape index (κ2) is 32.4. The molecular weight excluding hydrogens is 1010 g/mol. The van der Waals surface area contributed by atoms with E-state index in [0.29, 0.717) is 0 Å². The van der Waals surface area contributed by atoms with Crippen molar-refractivity contribution in [3.05, 3.63) is 0 Å². The highest BCUT2D eigenvalue weighted by Gasteiger charge is 2.36. The molecule has 0 aliphatic heterocycles. The molecule has 28 nitrogen and oxygen atoms in total. The average Bonchev–Trinajstić information content (AvgIpc) is 3.27. The Morgan fingerprint density at radius 1 is 0.479 bits per heavy atom. The molecule has 0 aromatic rings. The number of hydrogen-bond donors (Lipinski definition) is 15. The first-order valence-corrected chi connectivity index (χ1v) is 23.6. The zero-order chi connectivity index (χ0) is 54.9. The fourth-order valence-corrected chi connectivity index (χ4v) is 6.49. The van der Waals surface area contributed by atoms with E-state index in [1.165, 1.54) is 27.7 Å². The number of aliphatic hydroxyl groups excluding tert-OH is 2. The molecule has 0 rings (SSSR count). The van der Waals surface area contributed by atoms with Gasteiger partial charge >= 0.3 is 11.9 Å². The standard InChI is InChI=1S/C42H70BrN11O17/c1-18(2)14-25(38(67)48-22(35(45)64)9-12-30(60)61)50-36(65)24(8-11-27(44)57)49-39(68)26(17-55)51-41(70)33(20(5)6)52-29(59)16-46-40(69)32(19(3)4)53-42(71)34(21(7)56)54-37(66)23(10-13-31(62)63)47-28(58)15-43/h18-26,32-34,55-56H,8-17H2,1-7H3,(H2,44,57)(H2,45,64)(H,46,69)(H,47,58)(H,48,67)(H,49,68)(H,50,65)(H,51,70)(H,52,59)(H,53,71)(H,54,66)(H,60,61)(H,62,63)/t21-,22+,23+,24+,25+,26+,32+,33+,34+/m1/s1. The molecule has 0 aromatic carbocycles. The van der Waals surface area contributed by atoms with Gasteiger partial charge in [0.05, 0.1) is 24.6 Å². The number of carbonyl (C=O) groups is 13. The number of amides is 11. The summed E-state index contributed by atoms with van der Waals surface area (Å²) >= 11 is 2.91. The molecule has 0 radical (unpaired) electrons. The third-order valence-corrected chi connectivity index (χ3v) is 10.7. The van der Waals surface area contributed by atoms with Gasteiger partial charge in [0.2, 0.25) is 65.0 Å². The molecule has 0 saturated carbocycles. The number of alkyl halides is 1. The van der Waals surface area contributed by atoms with Crippen molar-refractivity contribution >= 4 is 92.8 Å². The van der Waals surface area contributed by atoms with E-state index in [1.54, 1.807) is 13.8 Å². The van der Waals surface area contributed by atoms with Gasteiger partial charge in [0.25, 0.3) is 0 Å². The van der Waals surface area contributed by atoms with Gasteiger partial charge in [-0.1, -0.05) is 57.5 Å². The smallest absolute Gasteiger partial charge is 0.303 e. The molecule has 0 aliphatic carbocycles. The van der Waals surface area contributed by atoms with Crippen molar-refractivity contribution in [2.45, 2.75) is 148 Å². The summed E-state index contributed by atoms with van der Waals surface area (Å²) in [6.07, 6.45) is -4.25. The number of aliphatic carboxylic acids is 2. The molecule has 0 saturated heterocycles. The SMILES string of the molecule is CC(C)C[C@H](NC(=O)[C@H](CCC(N)=O)NC(=O)[C@H](CO)NC(=O)[C@@H](NC(=O)CNC(=O)[C@@H](NC(=O)[C@@H](NC(=O)[C@H](CCC(=O)O)NC(=O)CBr)[C@@H](C)O)C(C)C)C(C)C)C(=O)N[C@@H](CCC(=O)O)C(N)=O. The molecule has 402 valence electrons. The highest BCUT2D eigenvalue weighted by atomic mass is 79.9. The Hall–Kier alpha value is -6.49. The van der Waals surface area contributed by atoms with Crippen LogP contribution in [0.2, 0.25) is 0 Å². The molecule has 11 amide bonds. The van der Waals surface area contributed by atoms with E-state index in [9.17, 15) is 72.5 Å². The van der Waals surface area contributed by atoms with E-state index in [0.717, 1.165) is 6.92 Å². The maximum Gasteiger partial charge on any atom is 0.303 e. The van der Waals surface area contributed by atoms with Crippen molar-refractivity contribution < 1.29 is 82.8 Å². The minimum absolute atomic E-state index is 0.0256. The Labute approximate surface area is 417 Å². The molecule has 9 atom stereocenters. The van der Waals surface area contributed by atoms with Gasteiger partial charge in [0, 0.05) is 19.3 Å². The fourth-order valence-electron chi connectivity index (χ4n) is 6.33. The molecule has 71 heavy (non-hydrogen) atoms. The first-order valence-electron chi connectivity index (χ1n) is 22.5. The van der Waals surface area contributed by atoms with Gasteiger partial charge < -0.3 is 79.7 Å². The van der Waals surface area contributed by atoms with E-state index in [2.05, 4.69) is 63.8 Å². The predicted molar refractivity (Wildman–Crippen MR) is 252 cm³/mol. The van der Waals surface area contributed by atoms with Crippen LogP contribution in [0.3, 0.4) is 0 Å². The second-order valence-electron chi connectivity index (χ2n) is 17.5. The number of hydrogen-bond acceptors (Lipinski definition) is 15. The van der Waals surface area contributed by atoms with Gasteiger partial charge in [-0.05, 0) is 50.4 Å². The highest BCUT2D eigenvalue weighted by Crippen LogP contribution is 2.10. The van der Waals surface area contributed by atoms with Gasteiger partial charge in [-0.25, -0.2) is 0 Å². The number of aliphatic hydroxyl groups is 2. The topological polar surface area (TPSA) is 463 Å². The maximum absolute atomic E-state index is 13.6. The molecule has 0 heterocycles. The molecule has 29 heteroatoms. The Morgan fingerprint density at radius 2 is 0.887 bits per heavy atom. The van der Waals surface area contributed by atoms with E-state index in [4.69, 9.17) is 21.7 Å². The molecule has 0 unspecified atom stereocenters. The van der Waals surface area contributed by atoms with Crippen LogP contribution in [0, 0.1) is 17.8 Å². The van der Waals surface area contributed by atoms with E-state index < -0.39 is 182 Å². The third-order valence-electron chi connectivity index (χ3n) is 10.2. The lowest BCUT2D eigenvalue weighted by Gasteiger charge is -2.28. The quantitative estimate of drug-likeness (QED) is 0.0268. The lowest BCUT2D eigenvalue weighted by atomic mass is 10.0. The summed E-state index contributed by atoms with van der Waals surface area (Å²) in [5, 5.41) is 59.3. The number of halogens is 1. The van der Waals surface area contributed by atoms with E-state index in [1.807, 2.05) is 0 Å². The number of rotatable bonds is 34. The zero-order valence-corrected chi connectivity index (χ0v) is 42.2. The fraction of sp³-hybridized carbons (Fsp3) is 0.690. The lowest BCUT2D eigenvalue weighted by molar-refractivity contribution is -0.139. The Balaban J connectivity index is 6.03. The zero-order valence-electron chi connectivity index (χ0n) is 40.6. The highest BCUT2D eigenvalue weighted by molar-refractivity contribution is 9.09. The third kappa shape index (κ3) is 25.3. The average molecular weight is 1080 g/mol. The van der Waals surface area contributed by atoms with E-state index >= 15 is 0 Å². The first kappa shape index (κ1) is 64.5. The van der Waals surface area contributed by atoms with Gasteiger partial charge in [-0.15, -0.1) is 0 Å². The van der Waals surface area contributed by atoms with Gasteiger partial charge in [0.15, 0.2) is 0 Å². The summed E-state index contributed by atoms with van der Waals surface area (Å²) in [4.78, 5) is 164. The largest absolute Gasteiger partial charge is 0.481 e. The Kier molecular flexibility index (Phi) is 29.4. The summed E-state index contributed by atoms with van der Waals surface area (Å²) in [5.41, 5.74) is 10.6. The molecule has 0 spiro atoms. The summed E-state index contributed by atoms with van der Waals surface area (Å²) in [7, 11) is 0. The maximum atomic E-state index is 13.6. The molecule has 0 aliphatic rings. The van der Waals surface area contributed by atoms with Crippen LogP contribution in [0.25, 0.3) is 0 Å². The number of carbonyl (C=O) groups excluding carboxylic acids is 11. The summed E-state index contributed by atoms with van der Waals surface area (Å²) in [6, 6.07) is -12.1. The van der Waals surface area contributed by atoms with Crippen LogP contribution in [0.4, 0.5) is 0 Å². The first-order chi connectivity index (χ1) is 32.9. The van der Waals surface area contributed by atoms with Crippen LogP contribution in [0.1, 0.15) is 93.4 Å². The normalized spacial score (nSPS) is 14.9. The molecule has 0 aromatic heterocycles. The molecular formula is C42H70BrN11O17. The van der Waals surface area contributed by atoms with Crippen LogP contribution < -0.4 is 59.3 Å². The molecule has 0 fully saturated rings. The number of nitrogens with two attached hydrogens (primary N) is 2. The second-order valence-corrected chi connectivity index (χ2v) is 18.1. The Morgan fingerprint density at radius 3 is 1.35 bits per heavy atom. The van der Waals surface area contributed by atoms with Crippen molar-refractivity contribution in [2.24, 2.45) is 29.2 Å². The summed E-state index contributed by atoms with van der Waals surface area (Å²) in [6.45, 7) is 8.78. The van der Waals surface area contributed by atoms with Gasteiger partial charge in [-0.2, -0.15) is 0 Å². The van der Waals surface area contributed by atoms with Crippen molar-refractivity contribution in [2.75, 3.05) is 18.5 Å². The molecule has 0 bridgehead atoms. The van der Waals surface area contributed by atoms with Crippen LogP contribution in [-0.4, -0.2) is 170 Å².